The highest BCUT2D eigenvalue weighted by atomic mass is 32.2. The van der Waals surface area contributed by atoms with Crippen molar-refractivity contribution in [2.24, 2.45) is 0 Å². The second-order valence-electron chi connectivity index (χ2n) is 5.45. The Balaban J connectivity index is 2.39. The first kappa shape index (κ1) is 17.4. The van der Waals surface area contributed by atoms with Crippen LogP contribution in [0, 0.1) is 13.8 Å². The average Bonchev–Trinajstić information content (AvgIpc) is 2.51. The summed E-state index contributed by atoms with van der Waals surface area (Å²) in [6.45, 7) is 4.03. The first-order valence-corrected chi connectivity index (χ1v) is 8.65. The number of methoxy groups -OCH3 is 1. The molecule has 1 fully saturated rings. The number of ether oxygens (including phenoxy) is 1. The molecule has 1 aromatic rings. The SMILES string of the molecule is COC(=O)CC1C(=O)NCCN1S(=O)(=O)c1ccc(C)c(C)c1. The minimum Gasteiger partial charge on any atom is -0.469 e. The van der Waals surface area contributed by atoms with Gasteiger partial charge in [-0.1, -0.05) is 6.07 Å². The molecular formula is C15H20N2O5S. The van der Waals surface area contributed by atoms with Crippen LogP contribution in [0.25, 0.3) is 0 Å². The number of sulfonamides is 1. The lowest BCUT2D eigenvalue weighted by Gasteiger charge is -2.33. The Labute approximate surface area is 135 Å². The minimum atomic E-state index is -3.87. The van der Waals surface area contributed by atoms with Gasteiger partial charge >= 0.3 is 5.97 Å². The van der Waals surface area contributed by atoms with Crippen molar-refractivity contribution in [3.8, 4) is 0 Å². The van der Waals surface area contributed by atoms with Crippen molar-refractivity contribution in [2.75, 3.05) is 20.2 Å². The maximum atomic E-state index is 12.9. The van der Waals surface area contributed by atoms with Gasteiger partial charge in [0, 0.05) is 13.1 Å². The molecule has 23 heavy (non-hydrogen) atoms. The molecule has 1 aromatic carbocycles. The van der Waals surface area contributed by atoms with E-state index in [9.17, 15) is 18.0 Å². The lowest BCUT2D eigenvalue weighted by molar-refractivity contribution is -0.144. The fourth-order valence-electron chi connectivity index (χ4n) is 2.43. The highest BCUT2D eigenvalue weighted by molar-refractivity contribution is 7.89. The fourth-order valence-corrected chi connectivity index (χ4v) is 4.10. The zero-order chi connectivity index (χ0) is 17.2. The number of hydrogen-bond donors (Lipinski definition) is 1. The van der Waals surface area contributed by atoms with E-state index in [2.05, 4.69) is 10.1 Å². The standard InChI is InChI=1S/C15H20N2O5S/c1-10-4-5-12(8-11(10)2)23(20,21)17-7-6-16-15(19)13(17)9-14(18)22-3/h4-5,8,13H,6-7,9H2,1-3H3,(H,16,19). The first-order valence-electron chi connectivity index (χ1n) is 7.21. The van der Waals surface area contributed by atoms with Crippen LogP contribution in [-0.2, 0) is 24.3 Å². The van der Waals surface area contributed by atoms with E-state index < -0.39 is 27.9 Å². The fraction of sp³-hybridized carbons (Fsp3) is 0.467. The molecule has 2 rings (SSSR count). The highest BCUT2D eigenvalue weighted by Crippen LogP contribution is 2.23. The van der Waals surface area contributed by atoms with E-state index in [0.29, 0.717) is 0 Å². The van der Waals surface area contributed by atoms with Gasteiger partial charge in [-0.2, -0.15) is 4.31 Å². The van der Waals surface area contributed by atoms with Crippen LogP contribution in [0.15, 0.2) is 23.1 Å². The molecule has 1 atom stereocenters. The Morgan fingerprint density at radius 1 is 1.35 bits per heavy atom. The third-order valence-electron chi connectivity index (χ3n) is 3.95. The molecule has 0 saturated carbocycles. The number of nitrogens with zero attached hydrogens (tertiary/aromatic N) is 1. The van der Waals surface area contributed by atoms with Gasteiger partial charge in [0.05, 0.1) is 18.4 Å². The summed E-state index contributed by atoms with van der Waals surface area (Å²) in [5.74, 6) is -1.12. The summed E-state index contributed by atoms with van der Waals surface area (Å²) in [5.41, 5.74) is 1.82. The Bertz CT molecular complexity index is 729. The third kappa shape index (κ3) is 3.53. The maximum absolute atomic E-state index is 12.9. The molecule has 126 valence electrons. The number of carbonyl (C=O) groups excluding carboxylic acids is 2. The molecule has 0 bridgehead atoms. The third-order valence-corrected chi connectivity index (χ3v) is 5.86. The number of benzene rings is 1. The zero-order valence-electron chi connectivity index (χ0n) is 13.3. The van der Waals surface area contributed by atoms with Gasteiger partial charge in [0.2, 0.25) is 15.9 Å². The summed E-state index contributed by atoms with van der Waals surface area (Å²) >= 11 is 0. The molecule has 1 heterocycles. The lowest BCUT2D eigenvalue weighted by Crippen LogP contribution is -2.57. The smallest absolute Gasteiger partial charge is 0.307 e. The lowest BCUT2D eigenvalue weighted by atomic mass is 10.1. The van der Waals surface area contributed by atoms with Gasteiger partial charge in [-0.05, 0) is 37.1 Å². The number of carbonyl (C=O) groups is 2. The first-order chi connectivity index (χ1) is 10.8. The van der Waals surface area contributed by atoms with Crippen LogP contribution in [-0.4, -0.2) is 50.8 Å². The van der Waals surface area contributed by atoms with Crippen molar-refractivity contribution in [3.63, 3.8) is 0 Å². The van der Waals surface area contributed by atoms with Crippen molar-refractivity contribution in [3.05, 3.63) is 29.3 Å². The molecule has 1 aliphatic rings. The number of amides is 1. The summed E-state index contributed by atoms with van der Waals surface area (Å²) in [6, 6.07) is 3.72. The number of rotatable bonds is 4. The van der Waals surface area contributed by atoms with Gasteiger partial charge in [0.25, 0.3) is 0 Å². The topological polar surface area (TPSA) is 92.8 Å². The Kier molecular flexibility index (Phi) is 5.06. The number of hydrogen-bond acceptors (Lipinski definition) is 5. The molecule has 0 aliphatic carbocycles. The zero-order valence-corrected chi connectivity index (χ0v) is 14.1. The Hall–Kier alpha value is -1.93. The Morgan fingerprint density at radius 3 is 2.65 bits per heavy atom. The summed E-state index contributed by atoms with van der Waals surface area (Å²) in [5, 5.41) is 2.58. The second kappa shape index (κ2) is 6.67. The predicted octanol–water partition coefficient (Wildman–Crippen LogP) is 0.356. The van der Waals surface area contributed by atoms with Crippen molar-refractivity contribution < 1.29 is 22.7 Å². The molecule has 0 radical (unpaired) electrons. The van der Waals surface area contributed by atoms with Crippen LogP contribution >= 0.6 is 0 Å². The molecule has 0 spiro atoms. The molecular weight excluding hydrogens is 320 g/mol. The largest absolute Gasteiger partial charge is 0.469 e. The molecule has 1 N–H and O–H groups in total. The highest BCUT2D eigenvalue weighted by Gasteiger charge is 2.39. The van der Waals surface area contributed by atoms with Gasteiger partial charge in [0.1, 0.15) is 6.04 Å². The average molecular weight is 340 g/mol. The molecule has 1 unspecified atom stereocenters. The van der Waals surface area contributed by atoms with E-state index in [4.69, 9.17) is 0 Å². The van der Waals surface area contributed by atoms with Gasteiger partial charge in [0.15, 0.2) is 0 Å². The maximum Gasteiger partial charge on any atom is 0.307 e. The van der Waals surface area contributed by atoms with Crippen LogP contribution in [0.4, 0.5) is 0 Å². The van der Waals surface area contributed by atoms with Gasteiger partial charge in [-0.25, -0.2) is 8.42 Å². The normalized spacial score (nSPS) is 19.3. The van der Waals surface area contributed by atoms with Crippen molar-refractivity contribution in [1.29, 1.82) is 0 Å². The second-order valence-corrected chi connectivity index (χ2v) is 7.34. The van der Waals surface area contributed by atoms with Crippen LogP contribution < -0.4 is 5.32 Å². The monoisotopic (exact) mass is 340 g/mol. The van der Waals surface area contributed by atoms with E-state index >= 15 is 0 Å². The van der Waals surface area contributed by atoms with Crippen LogP contribution in [0.3, 0.4) is 0 Å². The number of piperazine rings is 1. The molecule has 1 amide bonds. The van der Waals surface area contributed by atoms with E-state index in [-0.39, 0.29) is 24.4 Å². The van der Waals surface area contributed by atoms with Crippen molar-refractivity contribution in [2.45, 2.75) is 31.2 Å². The molecule has 8 heteroatoms. The minimum absolute atomic E-state index is 0.114. The molecule has 1 aliphatic heterocycles. The number of esters is 1. The quantitative estimate of drug-likeness (QED) is 0.799. The van der Waals surface area contributed by atoms with Gasteiger partial charge in [-0.3, -0.25) is 9.59 Å². The Morgan fingerprint density at radius 2 is 2.04 bits per heavy atom. The van der Waals surface area contributed by atoms with Crippen molar-refractivity contribution >= 4 is 21.9 Å². The predicted molar refractivity (Wildman–Crippen MR) is 83.2 cm³/mol. The van der Waals surface area contributed by atoms with Gasteiger partial charge < -0.3 is 10.1 Å². The van der Waals surface area contributed by atoms with Crippen LogP contribution in [0.2, 0.25) is 0 Å². The van der Waals surface area contributed by atoms with E-state index in [1.807, 2.05) is 13.8 Å². The van der Waals surface area contributed by atoms with Crippen molar-refractivity contribution in [1.82, 2.24) is 9.62 Å². The van der Waals surface area contributed by atoms with E-state index in [1.54, 1.807) is 12.1 Å². The number of nitrogens with one attached hydrogen (secondary N) is 1. The number of aryl methyl sites for hydroxylation is 2. The van der Waals surface area contributed by atoms with E-state index in [0.717, 1.165) is 15.4 Å². The van der Waals surface area contributed by atoms with E-state index in [1.165, 1.54) is 13.2 Å². The van der Waals surface area contributed by atoms with Crippen LogP contribution in [0.5, 0.6) is 0 Å². The van der Waals surface area contributed by atoms with Gasteiger partial charge in [-0.15, -0.1) is 0 Å². The molecule has 1 saturated heterocycles. The summed E-state index contributed by atoms with van der Waals surface area (Å²) in [6.07, 6.45) is -0.313. The molecule has 7 nitrogen and oxygen atoms in total. The van der Waals surface area contributed by atoms with Crippen LogP contribution in [0.1, 0.15) is 17.5 Å². The summed E-state index contributed by atoms with van der Waals surface area (Å²) < 4.78 is 31.4. The molecule has 0 aromatic heterocycles. The summed E-state index contributed by atoms with van der Waals surface area (Å²) in [4.78, 5) is 23.7. The summed E-state index contributed by atoms with van der Waals surface area (Å²) in [7, 11) is -2.67.